The second kappa shape index (κ2) is 44.5. The molecule has 0 spiro atoms. The van der Waals surface area contributed by atoms with Crippen molar-refractivity contribution in [3.05, 3.63) is 153 Å². The summed E-state index contributed by atoms with van der Waals surface area (Å²) in [5.41, 5.74) is 18.0. The Morgan fingerprint density at radius 1 is 0.681 bits per heavy atom. The molecular formula is C75H100FN19O18. The number of hydrogen-bond donors (Lipinski definition) is 18. The number of aromatic amines is 1. The predicted octanol–water partition coefficient (Wildman–Crippen LogP) is 1.45. The van der Waals surface area contributed by atoms with E-state index in [1.165, 1.54) is 44.6 Å². The standard InChI is InChI=1S/C75H100FN19O18/c1-9-47-33-51(113-28-13-12-26-84-95-79)23-24-52(47)48-21-19-45(20-22-48)32-55(65(103)85-54(70(108)109)18-14-15-46-30-41(2)29-42(3)31-46)86-66(104)57(35-61(100)101)87-67(105)58(39-96)88-68(106)62(43(4)97)91-73(112)75(8,36-49-16-10-11-17-53(49)76)92-69(107)63(44(5)98)90-60(99)38-82-64(102)56(34-59(93-77)94-78)89-72(111)74(6,7)71(110)81-27-25-50-37-80-40-83-50/h10-11,16-17,19-24,29-31,33,37,40,43-44,54-58,62-63,77,96-98H,9,12-15,18,25-28,32,34-36,38-39,78H2,1-8H3,(H,80,83)(H,81,110)(H,82,102)(H,85,103)(H,86,104)(H,87,105)(H,88,106)(H,89,111)(H,90,99)(H,91,112)(H,92,107)(H,100,101)(H,108,109)/b93-77?,94-59-/t43-,44-,54+,55+,56+,57+,58+,62+,63+,75+/m1/s1. The number of hydrazone groups is 1. The summed E-state index contributed by atoms with van der Waals surface area (Å²) >= 11 is 0. The lowest BCUT2D eigenvalue weighted by atomic mass is 9.90. The number of benzene rings is 4. The number of amidine groups is 1. The number of amides is 10. The molecule has 1 heterocycles. The van der Waals surface area contributed by atoms with Gasteiger partial charge in [0.15, 0.2) is 5.84 Å². The molecular weight excluding hydrogens is 1470 g/mol. The van der Waals surface area contributed by atoms with Crippen molar-refractivity contribution in [2.45, 2.75) is 186 Å². The SMILES string of the molecule is CCc1cc(OCCCCN=[N+]=[N-])ccc1-c1ccc(C[C@H](NC(=O)[C@H](CC(=O)O)NC(=O)[C@H](CO)NC(=O)[C@@H](NC(=O)[C@](C)(Cc2ccccc2F)NC(=O)[C@@H](NC(=O)CNC(=O)[C@H](C/C(N=N)=N/N)NC(=O)C(C)(C)C(=O)NCCc2cnc[nH]2)[C@@H](C)O)[C@@H](C)O)C(=O)N[C@@H](CCCc2cc(C)cc(C)c2)C(=O)O)cc1. The minimum Gasteiger partial charge on any atom is -0.494 e. The van der Waals surface area contributed by atoms with E-state index in [9.17, 15) is 83.1 Å². The molecule has 0 unspecified atom stereocenters. The summed E-state index contributed by atoms with van der Waals surface area (Å²) in [5, 5.41) is 86.3. The highest BCUT2D eigenvalue weighted by molar-refractivity contribution is 6.06. The maximum atomic E-state index is 15.5. The van der Waals surface area contributed by atoms with Crippen LogP contribution in [-0.4, -0.2) is 205 Å². The average molecular weight is 1570 g/mol. The Kier molecular flexibility index (Phi) is 36.0. The minimum absolute atomic E-state index is 0.0621. The number of ether oxygens (including phenoxy) is 1. The zero-order valence-electron chi connectivity index (χ0n) is 63.9. The number of aliphatic hydroxyl groups is 3. The van der Waals surface area contributed by atoms with Gasteiger partial charge >= 0.3 is 11.9 Å². The average Bonchev–Trinajstić information content (AvgIpc) is 0.917. The number of carboxylic acid groups (broad SMARTS) is 2. The number of aliphatic carboxylic acids is 2. The van der Waals surface area contributed by atoms with Crippen LogP contribution >= 0.6 is 0 Å². The molecule has 19 N–H and O–H groups in total. The summed E-state index contributed by atoms with van der Waals surface area (Å²) in [6.45, 7) is 9.92. The van der Waals surface area contributed by atoms with Gasteiger partial charge in [0, 0.05) is 55.6 Å². The molecule has 0 radical (unpaired) electrons. The van der Waals surface area contributed by atoms with E-state index < -0.39 is 181 Å². The van der Waals surface area contributed by atoms with Gasteiger partial charge in [-0.3, -0.25) is 52.7 Å². The topological polar surface area (TPSA) is 588 Å². The zero-order valence-corrected chi connectivity index (χ0v) is 63.9. The summed E-state index contributed by atoms with van der Waals surface area (Å²) in [4.78, 5) is 175. The first-order valence-corrected chi connectivity index (χ1v) is 36.3. The Balaban J connectivity index is 1.34. The molecule has 0 saturated carbocycles. The van der Waals surface area contributed by atoms with Crippen molar-refractivity contribution in [3.63, 3.8) is 0 Å². The second-order valence-corrected chi connectivity index (χ2v) is 27.7. The first-order valence-electron chi connectivity index (χ1n) is 36.3. The first kappa shape index (κ1) is 91.3. The fourth-order valence-corrected chi connectivity index (χ4v) is 11.7. The number of nitrogens with zero attached hydrogens (tertiary/aromatic N) is 6. The number of H-pyrrole nitrogens is 1. The molecule has 1 aromatic heterocycles. The van der Waals surface area contributed by atoms with Gasteiger partial charge in [-0.1, -0.05) is 89.9 Å². The number of nitrogens with two attached hydrogens (primary N) is 1. The van der Waals surface area contributed by atoms with Crippen molar-refractivity contribution in [3.8, 4) is 16.9 Å². The smallest absolute Gasteiger partial charge is 0.326 e. The van der Waals surface area contributed by atoms with Crippen molar-refractivity contribution >= 4 is 76.8 Å². The van der Waals surface area contributed by atoms with Gasteiger partial charge in [0.25, 0.3) is 0 Å². The number of carbonyl (C=O) groups is 12. The Labute approximate surface area is 650 Å². The molecule has 0 aliphatic carbocycles. The third kappa shape index (κ3) is 28.8. The summed E-state index contributed by atoms with van der Waals surface area (Å²) in [7, 11) is 0. The van der Waals surface area contributed by atoms with Crippen LogP contribution in [0.2, 0.25) is 0 Å². The van der Waals surface area contributed by atoms with Crippen LogP contribution in [0, 0.1) is 30.6 Å². The van der Waals surface area contributed by atoms with E-state index in [4.69, 9.17) is 21.6 Å². The van der Waals surface area contributed by atoms with Crippen molar-refractivity contribution in [2.75, 3.05) is 32.8 Å². The van der Waals surface area contributed by atoms with Crippen LogP contribution in [0.25, 0.3) is 21.6 Å². The molecule has 0 saturated heterocycles. The molecule has 37 nitrogen and oxygen atoms in total. The van der Waals surface area contributed by atoms with Gasteiger partial charge in [0.2, 0.25) is 59.1 Å². The number of aromatic nitrogens is 2. The molecule has 4 aromatic carbocycles. The van der Waals surface area contributed by atoms with E-state index in [2.05, 4.69) is 83.4 Å². The van der Waals surface area contributed by atoms with Gasteiger partial charge in [-0.25, -0.2) is 19.7 Å². The summed E-state index contributed by atoms with van der Waals surface area (Å²) in [5.74, 6) is -10.4. The van der Waals surface area contributed by atoms with Crippen molar-refractivity contribution < 1.29 is 92.2 Å². The number of imidazole rings is 1. The lowest BCUT2D eigenvalue weighted by Gasteiger charge is -2.34. The lowest BCUT2D eigenvalue weighted by Crippen LogP contribution is -2.67. The number of azide groups is 1. The van der Waals surface area contributed by atoms with E-state index in [1.54, 1.807) is 30.3 Å². The van der Waals surface area contributed by atoms with Gasteiger partial charge in [0.05, 0.1) is 44.7 Å². The minimum atomic E-state index is -2.43. The molecule has 10 amide bonds. The number of nitrogens with one attached hydrogen (secondary N) is 12. The van der Waals surface area contributed by atoms with Crippen LogP contribution in [-0.2, 0) is 89.6 Å². The van der Waals surface area contributed by atoms with Crippen LogP contribution in [0.4, 0.5) is 4.39 Å². The number of halogens is 1. The molecule has 0 fully saturated rings. The van der Waals surface area contributed by atoms with Gasteiger partial charge < -0.3 is 94.3 Å². The third-order valence-electron chi connectivity index (χ3n) is 18.1. The number of unbranched alkanes of at least 4 members (excludes halogenated alkanes) is 1. The Bertz CT molecular complexity index is 4230. The molecule has 10 atom stereocenters. The van der Waals surface area contributed by atoms with Gasteiger partial charge in [0.1, 0.15) is 64.8 Å². The third-order valence-corrected chi connectivity index (χ3v) is 18.1. The van der Waals surface area contributed by atoms with E-state index >= 15 is 4.39 Å². The van der Waals surface area contributed by atoms with Gasteiger partial charge in [-0.2, -0.15) is 5.10 Å². The van der Waals surface area contributed by atoms with Crippen LogP contribution < -0.4 is 63.7 Å². The summed E-state index contributed by atoms with van der Waals surface area (Å²) in [6.07, 6.45) is -0.763. The first-order chi connectivity index (χ1) is 53.6. The molecule has 113 heavy (non-hydrogen) atoms. The maximum Gasteiger partial charge on any atom is 0.326 e. The van der Waals surface area contributed by atoms with Crippen molar-refractivity contribution in [1.29, 1.82) is 5.53 Å². The number of hydrogen-bond acceptors (Lipinski definition) is 21. The molecule has 0 aliphatic rings. The monoisotopic (exact) mass is 1570 g/mol. The quantitative estimate of drug-likeness (QED) is 0.00302. The highest BCUT2D eigenvalue weighted by atomic mass is 19.1. The van der Waals surface area contributed by atoms with Gasteiger partial charge in [-0.15, -0.1) is 5.11 Å². The zero-order chi connectivity index (χ0) is 83.7. The molecule has 5 aromatic rings. The summed E-state index contributed by atoms with van der Waals surface area (Å²) in [6, 6.07) is 9.96. The lowest BCUT2D eigenvalue weighted by molar-refractivity contribution is -0.143. The number of carboxylic acids is 2. The highest BCUT2D eigenvalue weighted by Gasteiger charge is 2.43. The highest BCUT2D eigenvalue weighted by Crippen LogP contribution is 2.29. The maximum absolute atomic E-state index is 15.5. The van der Waals surface area contributed by atoms with Crippen LogP contribution in [0.5, 0.6) is 5.75 Å². The normalized spacial score (nSPS) is 14.2. The second-order valence-electron chi connectivity index (χ2n) is 27.7. The van der Waals surface area contributed by atoms with E-state index in [0.29, 0.717) is 68.7 Å². The summed E-state index contributed by atoms with van der Waals surface area (Å²) < 4.78 is 21.5. The molecule has 0 bridgehead atoms. The van der Waals surface area contributed by atoms with Crippen LogP contribution in [0.3, 0.4) is 0 Å². The van der Waals surface area contributed by atoms with Gasteiger partial charge in [-0.05, 0) is 144 Å². The number of rotatable bonds is 46. The van der Waals surface area contributed by atoms with Crippen molar-refractivity contribution in [1.82, 2.24) is 63.1 Å². The Morgan fingerprint density at radius 2 is 1.31 bits per heavy atom. The number of aliphatic hydroxyl groups excluding tert-OH is 3. The fraction of sp³-hybridized carbons (Fsp3) is 0.467. The van der Waals surface area contributed by atoms with Crippen molar-refractivity contribution in [2.24, 2.45) is 26.6 Å². The van der Waals surface area contributed by atoms with Crippen LogP contribution in [0.15, 0.2) is 113 Å². The van der Waals surface area contributed by atoms with E-state index in [1.807, 2.05) is 51.1 Å². The molecule has 610 valence electrons. The predicted molar refractivity (Wildman–Crippen MR) is 407 cm³/mol. The number of aryl methyl sites for hydroxylation is 4. The number of carbonyl (C=O) groups excluding carboxylic acids is 10. The van der Waals surface area contributed by atoms with Crippen LogP contribution in [0.1, 0.15) is 119 Å². The van der Waals surface area contributed by atoms with E-state index in [0.717, 1.165) is 60.2 Å². The van der Waals surface area contributed by atoms with E-state index in [-0.39, 0.29) is 24.9 Å². The molecule has 0 aliphatic heterocycles. The molecule has 5 rings (SSSR count). The Hall–Kier alpha value is -12.3. The molecule has 38 heteroatoms. The largest absolute Gasteiger partial charge is 0.494 e. The fourth-order valence-electron chi connectivity index (χ4n) is 11.7. The Morgan fingerprint density at radius 3 is 1.91 bits per heavy atom.